The number of benzene rings is 1. The number of nitrogens with zero attached hydrogens (tertiary/aromatic N) is 1. The molecule has 2 spiro atoms. The van der Waals surface area contributed by atoms with Crippen molar-refractivity contribution in [3.05, 3.63) is 35.9 Å². The van der Waals surface area contributed by atoms with Crippen molar-refractivity contribution in [3.8, 4) is 5.75 Å². The topological polar surface area (TPSA) is 48.0 Å². The first kappa shape index (κ1) is 17.6. The molecule has 0 unspecified atom stereocenters. The van der Waals surface area contributed by atoms with Gasteiger partial charge in [0.1, 0.15) is 11.4 Å². The summed E-state index contributed by atoms with van der Waals surface area (Å²) in [7, 11) is 0. The van der Waals surface area contributed by atoms with E-state index in [4.69, 9.17) is 14.2 Å². The molecule has 0 aromatic heterocycles. The van der Waals surface area contributed by atoms with E-state index in [1.807, 2.05) is 43.0 Å². The standard InChI is InChI=1S/C21H27NO4/c1-3-22(4-2)19(23)17-15-20(26-18-8-6-5-7-16(17)18)9-11-21(12-10-20)24-13-14-25-21/h5-8,15H,3-4,9-14H2,1-2H3. The van der Waals surface area contributed by atoms with Crippen LogP contribution in [0.2, 0.25) is 0 Å². The maximum absolute atomic E-state index is 13.2. The normalized spacial score (nSPS) is 22.6. The number of para-hydroxylation sites is 1. The van der Waals surface area contributed by atoms with Gasteiger partial charge in [-0.25, -0.2) is 0 Å². The average molecular weight is 357 g/mol. The fraction of sp³-hybridized carbons (Fsp3) is 0.571. The van der Waals surface area contributed by atoms with Crippen molar-refractivity contribution in [1.82, 2.24) is 4.90 Å². The Morgan fingerprint density at radius 3 is 2.35 bits per heavy atom. The van der Waals surface area contributed by atoms with Crippen LogP contribution in [0, 0.1) is 0 Å². The highest BCUT2D eigenvalue weighted by Crippen LogP contribution is 2.47. The summed E-state index contributed by atoms with van der Waals surface area (Å²) >= 11 is 0. The third kappa shape index (κ3) is 2.93. The summed E-state index contributed by atoms with van der Waals surface area (Å²) in [5.74, 6) is 0.441. The Balaban J connectivity index is 1.67. The Bertz CT molecular complexity index is 706. The Labute approximate surface area is 154 Å². The molecule has 1 aromatic rings. The maximum Gasteiger partial charge on any atom is 0.254 e. The lowest BCUT2D eigenvalue weighted by Gasteiger charge is -2.44. The van der Waals surface area contributed by atoms with Crippen LogP contribution in [-0.2, 0) is 14.3 Å². The van der Waals surface area contributed by atoms with E-state index in [2.05, 4.69) is 6.08 Å². The van der Waals surface area contributed by atoms with Gasteiger partial charge in [0.25, 0.3) is 5.91 Å². The lowest BCUT2D eigenvalue weighted by atomic mass is 9.78. The van der Waals surface area contributed by atoms with Crippen LogP contribution in [0.15, 0.2) is 30.3 Å². The summed E-state index contributed by atoms with van der Waals surface area (Å²) in [5.41, 5.74) is 1.20. The van der Waals surface area contributed by atoms with Gasteiger partial charge in [0.15, 0.2) is 5.79 Å². The van der Waals surface area contributed by atoms with Crippen molar-refractivity contribution < 1.29 is 19.0 Å². The molecule has 0 bridgehead atoms. The Kier molecular flexibility index (Phi) is 4.53. The first-order chi connectivity index (χ1) is 12.6. The highest BCUT2D eigenvalue weighted by molar-refractivity contribution is 6.20. The van der Waals surface area contributed by atoms with Crippen molar-refractivity contribution in [2.45, 2.75) is 50.9 Å². The van der Waals surface area contributed by atoms with E-state index < -0.39 is 11.4 Å². The van der Waals surface area contributed by atoms with Crippen LogP contribution < -0.4 is 4.74 Å². The second-order valence-electron chi connectivity index (χ2n) is 7.31. The predicted molar refractivity (Wildman–Crippen MR) is 98.8 cm³/mol. The number of fused-ring (bicyclic) bond motifs is 1. The van der Waals surface area contributed by atoms with Crippen LogP contribution in [0.1, 0.15) is 45.1 Å². The van der Waals surface area contributed by atoms with Crippen molar-refractivity contribution in [2.24, 2.45) is 0 Å². The lowest BCUT2D eigenvalue weighted by molar-refractivity contribution is -0.193. The fourth-order valence-corrected chi connectivity index (χ4v) is 4.31. The minimum Gasteiger partial charge on any atom is -0.483 e. The molecular formula is C21H27NO4. The van der Waals surface area contributed by atoms with E-state index in [0.29, 0.717) is 26.3 Å². The summed E-state index contributed by atoms with van der Waals surface area (Å²) in [6.45, 7) is 6.77. The van der Waals surface area contributed by atoms with Gasteiger partial charge in [-0.2, -0.15) is 0 Å². The van der Waals surface area contributed by atoms with Gasteiger partial charge in [-0.1, -0.05) is 18.2 Å². The van der Waals surface area contributed by atoms with E-state index in [1.165, 1.54) is 0 Å². The molecule has 5 heteroatoms. The molecule has 0 radical (unpaired) electrons. The second-order valence-corrected chi connectivity index (χ2v) is 7.31. The van der Waals surface area contributed by atoms with Crippen molar-refractivity contribution in [3.63, 3.8) is 0 Å². The number of amides is 1. The third-order valence-corrected chi connectivity index (χ3v) is 5.85. The summed E-state index contributed by atoms with van der Waals surface area (Å²) in [4.78, 5) is 15.0. The first-order valence-corrected chi connectivity index (χ1v) is 9.69. The summed E-state index contributed by atoms with van der Waals surface area (Å²) in [6.07, 6.45) is 5.22. The van der Waals surface area contributed by atoms with E-state index in [9.17, 15) is 4.79 Å². The minimum absolute atomic E-state index is 0.0822. The average Bonchev–Trinajstić information content (AvgIpc) is 3.13. The van der Waals surface area contributed by atoms with Crippen LogP contribution in [0.4, 0.5) is 0 Å². The third-order valence-electron chi connectivity index (χ3n) is 5.85. The van der Waals surface area contributed by atoms with Gasteiger partial charge in [0.2, 0.25) is 0 Å². The molecule has 140 valence electrons. The number of carbonyl (C=O) groups is 1. The predicted octanol–water partition coefficient (Wildman–Crippen LogP) is 3.39. The lowest BCUT2D eigenvalue weighted by Crippen LogP contribution is -2.47. The molecule has 2 aliphatic heterocycles. The van der Waals surface area contributed by atoms with E-state index >= 15 is 0 Å². The molecule has 1 saturated carbocycles. The number of ether oxygens (including phenoxy) is 3. The van der Waals surface area contributed by atoms with Gasteiger partial charge in [0, 0.05) is 31.5 Å². The monoisotopic (exact) mass is 357 g/mol. The number of carbonyl (C=O) groups excluding carboxylic acids is 1. The molecule has 1 aromatic carbocycles. The fourth-order valence-electron chi connectivity index (χ4n) is 4.31. The van der Waals surface area contributed by atoms with Crippen molar-refractivity contribution in [2.75, 3.05) is 26.3 Å². The SMILES string of the molecule is CCN(CC)C(=O)C1=CC2(CCC3(CC2)OCCO3)Oc2ccccc21. The summed E-state index contributed by atoms with van der Waals surface area (Å²) in [6, 6.07) is 7.86. The molecule has 0 atom stereocenters. The van der Waals surface area contributed by atoms with Crippen LogP contribution in [0.25, 0.3) is 5.57 Å². The number of rotatable bonds is 3. The van der Waals surface area contributed by atoms with E-state index in [1.54, 1.807) is 0 Å². The summed E-state index contributed by atoms with van der Waals surface area (Å²) in [5, 5.41) is 0. The van der Waals surface area contributed by atoms with Crippen LogP contribution in [-0.4, -0.2) is 48.5 Å². The Morgan fingerprint density at radius 2 is 1.69 bits per heavy atom. The zero-order valence-electron chi connectivity index (χ0n) is 15.6. The Hall–Kier alpha value is -1.85. The largest absolute Gasteiger partial charge is 0.483 e. The van der Waals surface area contributed by atoms with Crippen LogP contribution in [0.3, 0.4) is 0 Å². The van der Waals surface area contributed by atoms with Crippen molar-refractivity contribution >= 4 is 11.5 Å². The molecule has 2 heterocycles. The molecule has 0 N–H and O–H groups in total. The van der Waals surface area contributed by atoms with Gasteiger partial charge in [0.05, 0.1) is 18.8 Å². The van der Waals surface area contributed by atoms with Gasteiger partial charge < -0.3 is 19.1 Å². The molecule has 1 saturated heterocycles. The zero-order chi connectivity index (χ0) is 18.2. The molecule has 1 amide bonds. The molecule has 2 fully saturated rings. The number of hydrogen-bond acceptors (Lipinski definition) is 4. The number of hydrogen-bond donors (Lipinski definition) is 0. The Morgan fingerprint density at radius 1 is 1.04 bits per heavy atom. The van der Waals surface area contributed by atoms with Crippen LogP contribution >= 0.6 is 0 Å². The van der Waals surface area contributed by atoms with Gasteiger partial charge in [-0.3, -0.25) is 4.79 Å². The molecule has 26 heavy (non-hydrogen) atoms. The zero-order valence-corrected chi connectivity index (χ0v) is 15.6. The van der Waals surface area contributed by atoms with Crippen molar-refractivity contribution in [1.29, 1.82) is 0 Å². The first-order valence-electron chi connectivity index (χ1n) is 9.69. The highest BCUT2D eigenvalue weighted by Gasteiger charge is 2.48. The van der Waals surface area contributed by atoms with E-state index in [0.717, 1.165) is 42.6 Å². The summed E-state index contributed by atoms with van der Waals surface area (Å²) < 4.78 is 18.1. The highest BCUT2D eigenvalue weighted by atomic mass is 16.7. The molecular weight excluding hydrogens is 330 g/mol. The van der Waals surface area contributed by atoms with Gasteiger partial charge in [-0.05, 0) is 38.8 Å². The minimum atomic E-state index is -0.451. The quantitative estimate of drug-likeness (QED) is 0.832. The van der Waals surface area contributed by atoms with Crippen LogP contribution in [0.5, 0.6) is 5.75 Å². The number of likely N-dealkylation sites (N-methyl/N-ethyl adjacent to an activating group) is 1. The van der Waals surface area contributed by atoms with Gasteiger partial charge >= 0.3 is 0 Å². The van der Waals surface area contributed by atoms with E-state index in [-0.39, 0.29) is 5.91 Å². The molecule has 5 nitrogen and oxygen atoms in total. The second kappa shape index (κ2) is 6.71. The molecule has 4 rings (SSSR count). The van der Waals surface area contributed by atoms with Gasteiger partial charge in [-0.15, -0.1) is 0 Å². The molecule has 3 aliphatic rings. The molecule has 1 aliphatic carbocycles. The maximum atomic E-state index is 13.2. The smallest absolute Gasteiger partial charge is 0.254 e.